The van der Waals surface area contributed by atoms with E-state index in [4.69, 9.17) is 0 Å². The third-order valence-electron chi connectivity index (χ3n) is 3.15. The van der Waals surface area contributed by atoms with Gasteiger partial charge in [0.25, 0.3) is 0 Å². The Hall–Kier alpha value is -1.11. The molecule has 0 aromatic heterocycles. The summed E-state index contributed by atoms with van der Waals surface area (Å²) in [5.41, 5.74) is 3.41. The van der Waals surface area contributed by atoms with Crippen molar-refractivity contribution in [2.45, 2.75) is 53.4 Å². The second kappa shape index (κ2) is 5.48. The number of benzene rings is 1. The Kier molecular flexibility index (Phi) is 4.50. The molecular weight excluding hydrogens is 208 g/mol. The molecule has 1 heteroatoms. The van der Waals surface area contributed by atoms with Crippen LogP contribution in [0.2, 0.25) is 0 Å². The lowest BCUT2D eigenvalue weighted by molar-refractivity contribution is 0.0938. The summed E-state index contributed by atoms with van der Waals surface area (Å²) in [4.78, 5) is 12.2. The Bertz CT molecular complexity index is 400. The van der Waals surface area contributed by atoms with Crippen molar-refractivity contribution in [3.8, 4) is 0 Å². The Labute approximate surface area is 105 Å². The van der Waals surface area contributed by atoms with Crippen LogP contribution in [0, 0.1) is 5.92 Å². The van der Waals surface area contributed by atoms with Gasteiger partial charge in [0.1, 0.15) is 0 Å². The zero-order valence-electron chi connectivity index (χ0n) is 11.9. The van der Waals surface area contributed by atoms with Gasteiger partial charge in [0, 0.05) is 11.5 Å². The van der Waals surface area contributed by atoms with Crippen LogP contribution in [0.3, 0.4) is 0 Å². The molecule has 0 amide bonds. The van der Waals surface area contributed by atoms with Crippen LogP contribution < -0.4 is 0 Å². The summed E-state index contributed by atoms with van der Waals surface area (Å²) in [6, 6.07) is 6.30. The van der Waals surface area contributed by atoms with E-state index in [9.17, 15) is 4.79 Å². The molecule has 17 heavy (non-hydrogen) atoms. The number of carbonyl (C=O) groups is 1. The summed E-state index contributed by atoms with van der Waals surface area (Å²) in [6.07, 6.45) is 0. The quantitative estimate of drug-likeness (QED) is 0.683. The molecule has 0 saturated heterocycles. The largest absolute Gasteiger partial charge is 0.294 e. The highest BCUT2D eigenvalue weighted by atomic mass is 16.1. The lowest BCUT2D eigenvalue weighted by Crippen LogP contribution is -2.12. The number of Topliss-reactive ketones (excluding diaryl/α,β-unsaturated/α-hetero) is 1. The van der Waals surface area contributed by atoms with Crippen LogP contribution in [0.25, 0.3) is 0 Å². The molecule has 1 rings (SSSR count). The minimum absolute atomic E-state index is 0.0670. The van der Waals surface area contributed by atoms with E-state index in [-0.39, 0.29) is 11.7 Å². The number of rotatable bonds is 4. The summed E-state index contributed by atoms with van der Waals surface area (Å²) in [7, 11) is 0. The first-order valence-electron chi connectivity index (χ1n) is 6.52. The van der Waals surface area contributed by atoms with Gasteiger partial charge in [0.05, 0.1) is 0 Å². The third kappa shape index (κ3) is 3.18. The first kappa shape index (κ1) is 14.0. The zero-order chi connectivity index (χ0) is 13.2. The van der Waals surface area contributed by atoms with Crippen LogP contribution in [0.15, 0.2) is 18.2 Å². The maximum absolute atomic E-state index is 12.2. The Balaban J connectivity index is 3.27. The molecule has 0 N–H and O–H groups in total. The third-order valence-corrected chi connectivity index (χ3v) is 3.15. The van der Waals surface area contributed by atoms with Crippen LogP contribution in [0.1, 0.15) is 74.9 Å². The molecule has 0 atom stereocenters. The maximum Gasteiger partial charge on any atom is 0.165 e. The van der Waals surface area contributed by atoms with E-state index < -0.39 is 0 Å². The topological polar surface area (TPSA) is 17.1 Å². The highest BCUT2D eigenvalue weighted by Gasteiger charge is 2.17. The Morgan fingerprint density at radius 2 is 1.53 bits per heavy atom. The minimum atomic E-state index is 0.0670. The lowest BCUT2D eigenvalue weighted by Gasteiger charge is -2.16. The van der Waals surface area contributed by atoms with Crippen LogP contribution in [0.4, 0.5) is 0 Å². The smallest absolute Gasteiger partial charge is 0.165 e. The fraction of sp³-hybridized carbons (Fsp3) is 0.562. The standard InChI is InChI=1S/C16H24O/c1-10(2)13-7-8-14(16(17)12(5)6)15(9-13)11(3)4/h7-12H,1-6H3. The number of carbonyl (C=O) groups excluding carboxylic acids is 1. The summed E-state index contributed by atoms with van der Waals surface area (Å²) in [5, 5.41) is 0. The molecule has 0 fully saturated rings. The highest BCUT2D eigenvalue weighted by molar-refractivity contribution is 5.99. The average molecular weight is 232 g/mol. The molecule has 94 valence electrons. The van der Waals surface area contributed by atoms with Gasteiger partial charge >= 0.3 is 0 Å². The average Bonchev–Trinajstić information content (AvgIpc) is 2.26. The fourth-order valence-electron chi connectivity index (χ4n) is 1.95. The Morgan fingerprint density at radius 1 is 0.941 bits per heavy atom. The van der Waals surface area contributed by atoms with Gasteiger partial charge in [0.15, 0.2) is 5.78 Å². The van der Waals surface area contributed by atoms with Crippen molar-refractivity contribution in [3.63, 3.8) is 0 Å². The van der Waals surface area contributed by atoms with Gasteiger partial charge in [-0.3, -0.25) is 4.79 Å². The van der Waals surface area contributed by atoms with Crippen molar-refractivity contribution in [3.05, 3.63) is 34.9 Å². The zero-order valence-corrected chi connectivity index (χ0v) is 11.9. The molecule has 0 aliphatic rings. The van der Waals surface area contributed by atoms with E-state index in [0.717, 1.165) is 5.56 Å². The first-order valence-corrected chi connectivity index (χ1v) is 6.52. The molecule has 0 bridgehead atoms. The molecule has 1 nitrogen and oxygen atoms in total. The molecule has 0 heterocycles. The summed E-state index contributed by atoms with van der Waals surface area (Å²) >= 11 is 0. The second-order valence-corrected chi connectivity index (χ2v) is 5.68. The van der Waals surface area contributed by atoms with Crippen LogP contribution in [-0.4, -0.2) is 5.78 Å². The molecule has 1 aromatic carbocycles. The number of ketones is 1. The van der Waals surface area contributed by atoms with Crippen molar-refractivity contribution in [2.24, 2.45) is 5.92 Å². The molecule has 0 aliphatic carbocycles. The van der Waals surface area contributed by atoms with Gasteiger partial charge in [-0.1, -0.05) is 59.7 Å². The van der Waals surface area contributed by atoms with Gasteiger partial charge in [-0.15, -0.1) is 0 Å². The van der Waals surface area contributed by atoms with Crippen molar-refractivity contribution in [1.82, 2.24) is 0 Å². The van der Waals surface area contributed by atoms with Crippen LogP contribution in [0.5, 0.6) is 0 Å². The Morgan fingerprint density at radius 3 is 1.94 bits per heavy atom. The van der Waals surface area contributed by atoms with Crippen LogP contribution in [-0.2, 0) is 0 Å². The number of hydrogen-bond donors (Lipinski definition) is 0. The van der Waals surface area contributed by atoms with Gasteiger partial charge in [-0.2, -0.15) is 0 Å². The van der Waals surface area contributed by atoms with Crippen molar-refractivity contribution in [1.29, 1.82) is 0 Å². The van der Waals surface area contributed by atoms with E-state index in [2.05, 4.69) is 39.8 Å². The van der Waals surface area contributed by atoms with E-state index in [0.29, 0.717) is 11.8 Å². The van der Waals surface area contributed by atoms with E-state index in [1.165, 1.54) is 11.1 Å². The molecular formula is C16H24O. The summed E-state index contributed by atoms with van der Waals surface area (Å²) < 4.78 is 0. The fourth-order valence-corrected chi connectivity index (χ4v) is 1.95. The molecule has 0 saturated carbocycles. The monoisotopic (exact) mass is 232 g/mol. The van der Waals surface area contributed by atoms with Crippen molar-refractivity contribution >= 4 is 5.78 Å². The number of hydrogen-bond acceptors (Lipinski definition) is 1. The molecule has 1 aromatic rings. The minimum Gasteiger partial charge on any atom is -0.294 e. The van der Waals surface area contributed by atoms with Gasteiger partial charge < -0.3 is 0 Å². The normalized spacial score (nSPS) is 11.6. The second-order valence-electron chi connectivity index (χ2n) is 5.68. The van der Waals surface area contributed by atoms with Crippen molar-refractivity contribution < 1.29 is 4.79 Å². The summed E-state index contributed by atoms with van der Waals surface area (Å²) in [6.45, 7) is 12.6. The first-order chi connectivity index (χ1) is 7.84. The molecule has 0 spiro atoms. The van der Waals surface area contributed by atoms with E-state index >= 15 is 0 Å². The SMILES string of the molecule is CC(C)C(=O)c1ccc(C(C)C)cc1C(C)C. The van der Waals surface area contributed by atoms with Gasteiger partial charge in [-0.05, 0) is 23.0 Å². The highest BCUT2D eigenvalue weighted by Crippen LogP contribution is 2.26. The van der Waals surface area contributed by atoms with E-state index in [1.807, 2.05) is 19.9 Å². The maximum atomic E-state index is 12.2. The van der Waals surface area contributed by atoms with Gasteiger partial charge in [0.2, 0.25) is 0 Å². The van der Waals surface area contributed by atoms with E-state index in [1.54, 1.807) is 0 Å². The van der Waals surface area contributed by atoms with Crippen LogP contribution >= 0.6 is 0 Å². The van der Waals surface area contributed by atoms with Gasteiger partial charge in [-0.25, -0.2) is 0 Å². The predicted molar refractivity (Wildman–Crippen MR) is 73.8 cm³/mol. The predicted octanol–water partition coefficient (Wildman–Crippen LogP) is 4.77. The molecule has 0 radical (unpaired) electrons. The summed E-state index contributed by atoms with van der Waals surface area (Å²) in [5.74, 6) is 1.23. The van der Waals surface area contributed by atoms with Crippen molar-refractivity contribution in [2.75, 3.05) is 0 Å². The lowest BCUT2D eigenvalue weighted by atomic mass is 9.87. The molecule has 0 unspecified atom stereocenters. The molecule has 0 aliphatic heterocycles.